The monoisotopic (exact) mass is 565 g/mol. The minimum atomic E-state index is -0.907. The summed E-state index contributed by atoms with van der Waals surface area (Å²) in [5.74, 6) is -3.11. The van der Waals surface area contributed by atoms with E-state index in [1.54, 1.807) is 54.6 Å². The molecular formula is C29H19Cl2F2N3O3. The minimum Gasteiger partial charge on any atom is -0.506 e. The molecule has 1 heterocycles. The second-order valence-corrected chi connectivity index (χ2v) is 9.49. The number of ketones is 1. The van der Waals surface area contributed by atoms with Crippen LogP contribution >= 0.6 is 23.2 Å². The van der Waals surface area contributed by atoms with Crippen LogP contribution in [-0.4, -0.2) is 26.0 Å². The summed E-state index contributed by atoms with van der Waals surface area (Å²) in [6.45, 7) is 0.210. The van der Waals surface area contributed by atoms with Crippen molar-refractivity contribution in [1.29, 1.82) is 0 Å². The molecule has 0 bridgehead atoms. The van der Waals surface area contributed by atoms with Crippen LogP contribution in [0.2, 0.25) is 10.0 Å². The van der Waals surface area contributed by atoms with Gasteiger partial charge in [0.25, 0.3) is 0 Å². The molecule has 0 unspecified atom stereocenters. The number of hydrogen-bond donors (Lipinski definition) is 4. The number of phenolic OH excluding ortho intramolecular Hbond substituents is 1. The zero-order chi connectivity index (χ0) is 27.7. The lowest BCUT2D eigenvalue weighted by Gasteiger charge is -2.10. The second-order valence-electron chi connectivity index (χ2n) is 8.64. The number of halogens is 4. The summed E-state index contributed by atoms with van der Waals surface area (Å²) >= 11 is 12.0. The number of aliphatic hydroxyl groups is 1. The number of nitrogens with zero attached hydrogens (tertiary/aromatic N) is 1. The number of Topliss-reactive ketones (excluding diaryl/α,β-unsaturated/α-hetero) is 1. The zero-order valence-corrected chi connectivity index (χ0v) is 21.5. The van der Waals surface area contributed by atoms with Gasteiger partial charge in [0.2, 0.25) is 5.78 Å². The number of H-pyrrole nitrogens is 1. The summed E-state index contributed by atoms with van der Waals surface area (Å²) in [7, 11) is 0. The van der Waals surface area contributed by atoms with Crippen LogP contribution in [-0.2, 0) is 6.54 Å². The lowest BCUT2D eigenvalue weighted by molar-refractivity contribution is 0.105. The maximum absolute atomic E-state index is 13.9. The lowest BCUT2D eigenvalue weighted by atomic mass is 9.98. The highest BCUT2D eigenvalue weighted by Gasteiger charge is 2.24. The fourth-order valence-electron chi connectivity index (χ4n) is 4.09. The molecule has 0 aliphatic heterocycles. The van der Waals surface area contributed by atoms with Gasteiger partial charge < -0.3 is 20.5 Å². The third kappa shape index (κ3) is 5.57. The molecule has 1 aromatic heterocycles. The molecule has 5 rings (SSSR count). The van der Waals surface area contributed by atoms with Gasteiger partial charge in [-0.2, -0.15) is 0 Å². The van der Waals surface area contributed by atoms with Crippen molar-refractivity contribution in [2.45, 2.75) is 6.54 Å². The summed E-state index contributed by atoms with van der Waals surface area (Å²) < 4.78 is 27.9. The highest BCUT2D eigenvalue weighted by Crippen LogP contribution is 2.33. The number of hydrogen-bond acceptors (Lipinski definition) is 5. The number of nitrogens with one attached hydrogen (secondary N) is 2. The molecule has 4 N–H and O–H groups in total. The van der Waals surface area contributed by atoms with Crippen molar-refractivity contribution in [1.82, 2.24) is 9.97 Å². The Morgan fingerprint density at radius 1 is 0.923 bits per heavy atom. The van der Waals surface area contributed by atoms with Crippen molar-refractivity contribution in [2.75, 3.05) is 5.32 Å². The van der Waals surface area contributed by atoms with Crippen LogP contribution in [0.3, 0.4) is 0 Å². The largest absolute Gasteiger partial charge is 0.506 e. The number of rotatable bonds is 7. The first-order valence-corrected chi connectivity index (χ1v) is 12.4. The number of fused-ring (bicyclic) bond motifs is 1. The van der Waals surface area contributed by atoms with Gasteiger partial charge in [0.1, 0.15) is 34.5 Å². The van der Waals surface area contributed by atoms with E-state index in [-0.39, 0.29) is 39.8 Å². The summed E-state index contributed by atoms with van der Waals surface area (Å²) in [4.78, 5) is 21.0. The number of allylic oxidation sites excluding steroid dienone is 1. The molecule has 196 valence electrons. The topological polar surface area (TPSA) is 98.2 Å². The van der Waals surface area contributed by atoms with E-state index in [9.17, 15) is 23.8 Å². The number of aromatic amines is 1. The highest BCUT2D eigenvalue weighted by atomic mass is 35.5. The van der Waals surface area contributed by atoms with Crippen molar-refractivity contribution in [3.05, 3.63) is 123 Å². The number of phenols is 1. The van der Waals surface area contributed by atoms with Crippen LogP contribution in [0.15, 0.2) is 78.9 Å². The van der Waals surface area contributed by atoms with E-state index in [2.05, 4.69) is 15.3 Å². The average Bonchev–Trinajstić information content (AvgIpc) is 3.32. The van der Waals surface area contributed by atoms with Gasteiger partial charge in [-0.15, -0.1) is 0 Å². The predicted molar refractivity (Wildman–Crippen MR) is 148 cm³/mol. The van der Waals surface area contributed by atoms with Crippen molar-refractivity contribution in [2.24, 2.45) is 0 Å². The van der Waals surface area contributed by atoms with Gasteiger partial charge in [-0.1, -0.05) is 53.5 Å². The Balaban J connectivity index is 1.55. The predicted octanol–water partition coefficient (Wildman–Crippen LogP) is 7.77. The molecule has 5 aromatic rings. The number of aliphatic hydroxyl groups excluding tert-OH is 1. The van der Waals surface area contributed by atoms with E-state index in [0.717, 1.165) is 12.1 Å². The van der Waals surface area contributed by atoms with Crippen LogP contribution in [0, 0.1) is 11.6 Å². The Labute approximate surface area is 231 Å². The van der Waals surface area contributed by atoms with E-state index in [1.165, 1.54) is 6.07 Å². The van der Waals surface area contributed by atoms with Gasteiger partial charge in [-0.25, -0.2) is 13.8 Å². The van der Waals surface area contributed by atoms with Crippen LogP contribution in [0.5, 0.6) is 5.75 Å². The Kier molecular flexibility index (Phi) is 7.24. The third-order valence-corrected chi connectivity index (χ3v) is 6.45. The van der Waals surface area contributed by atoms with E-state index >= 15 is 0 Å². The Morgan fingerprint density at radius 3 is 2.36 bits per heavy atom. The first-order chi connectivity index (χ1) is 18.7. The normalized spacial score (nSPS) is 11.9. The molecule has 10 heteroatoms. The van der Waals surface area contributed by atoms with E-state index in [4.69, 9.17) is 23.2 Å². The molecular weight excluding hydrogens is 547 g/mol. The van der Waals surface area contributed by atoms with Crippen LogP contribution in [0.1, 0.15) is 27.3 Å². The Morgan fingerprint density at radius 2 is 1.64 bits per heavy atom. The van der Waals surface area contributed by atoms with Gasteiger partial charge in [0, 0.05) is 40.0 Å². The molecule has 0 saturated heterocycles. The van der Waals surface area contributed by atoms with E-state index in [0.29, 0.717) is 33.4 Å². The second kappa shape index (κ2) is 10.8. The lowest BCUT2D eigenvalue weighted by Crippen LogP contribution is -2.07. The molecule has 0 aliphatic rings. The third-order valence-electron chi connectivity index (χ3n) is 5.94. The number of benzene rings is 4. The molecule has 0 atom stereocenters. The molecule has 0 spiro atoms. The fourth-order valence-corrected chi connectivity index (χ4v) is 4.62. The number of carbonyl (C=O) groups excluding carboxylic acids is 1. The summed E-state index contributed by atoms with van der Waals surface area (Å²) in [5.41, 5.74) is 1.90. The van der Waals surface area contributed by atoms with Crippen LogP contribution < -0.4 is 5.32 Å². The van der Waals surface area contributed by atoms with Gasteiger partial charge in [-0.05, 0) is 42.5 Å². The van der Waals surface area contributed by atoms with Crippen molar-refractivity contribution in [3.63, 3.8) is 0 Å². The minimum absolute atomic E-state index is 0.0115. The molecule has 0 amide bonds. The zero-order valence-electron chi connectivity index (χ0n) is 20.0. The molecule has 0 aliphatic carbocycles. The van der Waals surface area contributed by atoms with E-state index in [1.807, 2.05) is 0 Å². The molecule has 0 fully saturated rings. The molecule has 39 heavy (non-hydrogen) atoms. The smallest absolute Gasteiger partial charge is 0.200 e. The first kappa shape index (κ1) is 26.2. The molecule has 6 nitrogen and oxygen atoms in total. The number of anilines is 1. The summed E-state index contributed by atoms with van der Waals surface area (Å²) in [6.07, 6.45) is 0. The molecule has 0 saturated carbocycles. The molecule has 4 aromatic carbocycles. The Bertz CT molecular complexity index is 1730. The van der Waals surface area contributed by atoms with Crippen LogP contribution in [0.25, 0.3) is 22.4 Å². The van der Waals surface area contributed by atoms with Gasteiger partial charge in [0.15, 0.2) is 0 Å². The Hall–Kier alpha value is -4.40. The highest BCUT2D eigenvalue weighted by molar-refractivity contribution is 6.35. The average molecular weight is 566 g/mol. The quantitative estimate of drug-likeness (QED) is 0.0917. The maximum Gasteiger partial charge on any atom is 0.200 e. The number of aromatic nitrogens is 2. The SMILES string of the molecule is O=C(C(=C(O)c1cc(F)cc(F)c1)c1nc2ccc(NCc3cc(Cl)cc(Cl)c3O)cc2[nH]1)c1ccccc1. The van der Waals surface area contributed by atoms with Crippen molar-refractivity contribution < 1.29 is 23.8 Å². The molecule has 0 radical (unpaired) electrons. The van der Waals surface area contributed by atoms with Crippen molar-refractivity contribution in [3.8, 4) is 5.75 Å². The summed E-state index contributed by atoms with van der Waals surface area (Å²) in [6, 6.07) is 18.9. The fraction of sp³-hybridized carbons (Fsp3) is 0.0345. The van der Waals surface area contributed by atoms with Gasteiger partial charge in [0.05, 0.1) is 16.1 Å². The van der Waals surface area contributed by atoms with Gasteiger partial charge in [-0.3, -0.25) is 4.79 Å². The van der Waals surface area contributed by atoms with Gasteiger partial charge >= 0.3 is 0 Å². The first-order valence-electron chi connectivity index (χ1n) is 11.6. The number of imidazole rings is 1. The number of carbonyl (C=O) groups is 1. The summed E-state index contributed by atoms with van der Waals surface area (Å²) in [5, 5.41) is 25.0. The van der Waals surface area contributed by atoms with Crippen molar-refractivity contribution >= 4 is 57.0 Å². The number of aromatic hydroxyl groups is 1. The van der Waals surface area contributed by atoms with E-state index < -0.39 is 23.2 Å². The maximum atomic E-state index is 13.9. The van der Waals surface area contributed by atoms with Crippen LogP contribution in [0.4, 0.5) is 14.5 Å². The standard InChI is InChI=1S/C29H19Cl2F2N3O3/c30-18-8-17(26(37)22(31)11-18)14-34-21-6-7-23-24(13-21)36-29(35-23)25(27(38)15-4-2-1-3-5-15)28(39)16-9-19(32)12-20(33)10-16/h1-13,34,37,39H,14H2,(H,35,36).